The van der Waals surface area contributed by atoms with E-state index in [1.807, 2.05) is 0 Å². The first-order valence-corrected chi connectivity index (χ1v) is 1.22. The number of hydrogen-bond acceptors (Lipinski definition) is 1. The van der Waals surface area contributed by atoms with E-state index in [1.165, 1.54) is 0 Å². The van der Waals surface area contributed by atoms with Crippen molar-refractivity contribution < 1.29 is 45.6 Å². The van der Waals surface area contributed by atoms with Gasteiger partial charge in [-0.1, -0.05) is 0 Å². The third-order valence-electron chi connectivity index (χ3n) is 0. The molecule has 5 heteroatoms. The molecule has 0 aromatic carbocycles. The molecule has 0 amide bonds. The van der Waals surface area contributed by atoms with Crippen molar-refractivity contribution in [3.63, 3.8) is 0 Å². The molecule has 0 aliphatic carbocycles. The van der Waals surface area contributed by atoms with Gasteiger partial charge in [-0.15, -0.1) is 0 Å². The van der Waals surface area contributed by atoms with Crippen LogP contribution in [0.1, 0.15) is 0 Å². The molecule has 0 spiro atoms. The van der Waals surface area contributed by atoms with Crippen LogP contribution in [0, 0.1) is 0 Å². The van der Waals surface area contributed by atoms with Gasteiger partial charge in [0.2, 0.25) is 21.0 Å². The average molecular weight is 374 g/mol. The summed E-state index contributed by atoms with van der Waals surface area (Å²) >= 11 is 0. The molecule has 0 bridgehead atoms. The van der Waals surface area contributed by atoms with Crippen molar-refractivity contribution in [1.82, 2.24) is 0 Å². The Balaban J connectivity index is -0.0000000200. The molecule has 0 saturated carbocycles. The third kappa shape index (κ3) is 26.5. The van der Waals surface area contributed by atoms with Gasteiger partial charge < -0.3 is 4.12 Å². The second-order valence-corrected chi connectivity index (χ2v) is 0.919. The van der Waals surface area contributed by atoms with Crippen LogP contribution >= 0.6 is 0 Å². The first kappa shape index (κ1) is 15.9. The van der Waals surface area contributed by atoms with E-state index in [9.17, 15) is 0 Å². The average Bonchev–Trinajstić information content (AvgIpc) is 0.918. The molecule has 30 valence electrons. The molecule has 0 aromatic heterocycles. The molecule has 0 N–H and O–H groups in total. The van der Waals surface area contributed by atoms with Gasteiger partial charge in [0, 0.05) is 0 Å². The first-order valence-electron chi connectivity index (χ1n) is 0.408. The first-order chi connectivity index (χ1) is 1.41. The molecule has 0 aliphatic heterocycles. The van der Waals surface area contributed by atoms with Crippen LogP contribution in [-0.2, 0) is 45.6 Å². The Morgan fingerprint density at radius 3 is 1.20 bits per heavy atom. The largest absolute Gasteiger partial charge is 2.00 e. The quantitative estimate of drug-likeness (QED) is 0.504. The summed E-state index contributed by atoms with van der Waals surface area (Å²) in [6.07, 6.45) is 0. The van der Waals surface area contributed by atoms with E-state index >= 15 is 0 Å². The van der Waals surface area contributed by atoms with Crippen LogP contribution in [0.5, 0.6) is 0 Å². The Morgan fingerprint density at radius 1 is 1.20 bits per heavy atom. The van der Waals surface area contributed by atoms with Crippen LogP contribution in [0.4, 0.5) is 0 Å². The van der Waals surface area contributed by atoms with Crippen molar-refractivity contribution in [3.8, 4) is 0 Å². The Labute approximate surface area is 66.2 Å². The van der Waals surface area contributed by atoms with Gasteiger partial charge in [0.05, 0.1) is 0 Å². The molecular formula is OPdPtSi2+4. The third-order valence-corrected chi connectivity index (χ3v) is 0. The van der Waals surface area contributed by atoms with Gasteiger partial charge in [0.15, 0.2) is 0 Å². The second kappa shape index (κ2) is 17.2. The van der Waals surface area contributed by atoms with Gasteiger partial charge in [-0.3, -0.25) is 0 Å². The van der Waals surface area contributed by atoms with E-state index in [-0.39, 0.29) is 41.5 Å². The fraction of sp³-hybridized carbons (Fsp3) is 0. The summed E-state index contributed by atoms with van der Waals surface area (Å²) in [6.45, 7) is 0. The monoisotopic (exact) mass is 373 g/mol. The molecule has 0 rings (SSSR count). The Hall–Kier alpha value is 1.74. The van der Waals surface area contributed by atoms with E-state index in [2.05, 4.69) is 25.1 Å². The minimum Gasteiger partial charge on any atom is -0.458 e. The maximum atomic E-state index is 3.86. The second-order valence-electron chi connectivity index (χ2n) is 0.102. The number of hydrogen-bond donors (Lipinski definition) is 0. The van der Waals surface area contributed by atoms with E-state index in [1.54, 1.807) is 0 Å². The van der Waals surface area contributed by atoms with Crippen molar-refractivity contribution in [2.75, 3.05) is 0 Å². The van der Waals surface area contributed by atoms with Gasteiger partial charge in [0.1, 0.15) is 0 Å². The van der Waals surface area contributed by atoms with Crippen molar-refractivity contribution in [2.24, 2.45) is 0 Å². The zero-order valence-electron chi connectivity index (χ0n) is 2.04. The molecule has 0 aromatic rings. The van der Waals surface area contributed by atoms with Crippen LogP contribution in [0.3, 0.4) is 0 Å². The standard InChI is InChI=1S/OSi2.Pd.Pt/c2-1-3;;/q;2*+2. The van der Waals surface area contributed by atoms with Crippen molar-refractivity contribution in [1.29, 1.82) is 0 Å². The van der Waals surface area contributed by atoms with E-state index in [0.717, 1.165) is 0 Å². The van der Waals surface area contributed by atoms with Gasteiger partial charge in [0.25, 0.3) is 0 Å². The maximum absolute atomic E-state index is 3.86. The molecule has 0 fully saturated rings. The maximum Gasteiger partial charge on any atom is 2.00 e. The molecular weight excluding hydrogens is 374 g/mol. The molecule has 5 heavy (non-hydrogen) atoms. The fourth-order valence-electron chi connectivity index (χ4n) is 0. The molecule has 0 heterocycles. The molecule has 6 radical (unpaired) electrons. The van der Waals surface area contributed by atoms with E-state index in [4.69, 9.17) is 0 Å². The topological polar surface area (TPSA) is 9.23 Å². The minimum atomic E-state index is 0. The molecule has 0 atom stereocenters. The summed E-state index contributed by atoms with van der Waals surface area (Å²) in [5.74, 6) is 0. The molecule has 0 saturated heterocycles. The van der Waals surface area contributed by atoms with Crippen LogP contribution in [0.25, 0.3) is 0 Å². The Kier molecular flexibility index (Phi) is 54.5. The summed E-state index contributed by atoms with van der Waals surface area (Å²) in [5, 5.41) is 0. The summed E-state index contributed by atoms with van der Waals surface area (Å²) in [6, 6.07) is 0. The van der Waals surface area contributed by atoms with Crippen LogP contribution < -0.4 is 0 Å². The van der Waals surface area contributed by atoms with Gasteiger partial charge in [-0.05, 0) is 0 Å². The van der Waals surface area contributed by atoms with Crippen LogP contribution in [-0.4, -0.2) is 21.0 Å². The van der Waals surface area contributed by atoms with Crippen LogP contribution in [0.15, 0.2) is 0 Å². The zero-order chi connectivity index (χ0) is 2.71. The Morgan fingerprint density at radius 2 is 1.20 bits per heavy atom. The fourth-order valence-corrected chi connectivity index (χ4v) is 0. The predicted octanol–water partition coefficient (Wildman–Crippen LogP) is -0.835. The number of rotatable bonds is 0. The molecule has 0 unspecified atom stereocenters. The Bertz CT molecular complexity index is 9.61. The predicted molar refractivity (Wildman–Crippen MR) is 12.6 cm³/mol. The van der Waals surface area contributed by atoms with Crippen molar-refractivity contribution in [2.45, 2.75) is 0 Å². The normalized spacial score (nSPS) is 3.60. The van der Waals surface area contributed by atoms with Gasteiger partial charge in [-0.25, -0.2) is 0 Å². The van der Waals surface area contributed by atoms with E-state index in [0.29, 0.717) is 0 Å². The summed E-state index contributed by atoms with van der Waals surface area (Å²) < 4.78 is 3.86. The van der Waals surface area contributed by atoms with Crippen LogP contribution in [0.2, 0.25) is 0 Å². The molecule has 1 nitrogen and oxygen atoms in total. The van der Waals surface area contributed by atoms with Crippen molar-refractivity contribution >= 4 is 21.0 Å². The zero-order valence-corrected chi connectivity index (χ0v) is 7.87. The summed E-state index contributed by atoms with van der Waals surface area (Å²) in [7, 11) is 5.19. The van der Waals surface area contributed by atoms with E-state index < -0.39 is 0 Å². The summed E-state index contributed by atoms with van der Waals surface area (Å²) in [5.41, 5.74) is 0. The van der Waals surface area contributed by atoms with Gasteiger partial charge in [-0.2, -0.15) is 0 Å². The smallest absolute Gasteiger partial charge is 0.458 e. The van der Waals surface area contributed by atoms with Crippen molar-refractivity contribution in [3.05, 3.63) is 0 Å². The van der Waals surface area contributed by atoms with Gasteiger partial charge >= 0.3 is 41.5 Å². The minimum absolute atomic E-state index is 0. The summed E-state index contributed by atoms with van der Waals surface area (Å²) in [4.78, 5) is 0. The molecule has 0 aliphatic rings. The SMILES string of the molecule is [Pd+2].[Pt+2].[Si]O[Si].